The summed E-state index contributed by atoms with van der Waals surface area (Å²) in [6.07, 6.45) is 9.44. The molecule has 10 nitrogen and oxygen atoms in total. The van der Waals surface area contributed by atoms with E-state index in [0.717, 1.165) is 65.7 Å². The van der Waals surface area contributed by atoms with E-state index in [1.807, 2.05) is 36.4 Å². The number of anilines is 1. The Kier molecular flexibility index (Phi) is 11.4. The van der Waals surface area contributed by atoms with Gasteiger partial charge in [0.25, 0.3) is 5.91 Å². The molecule has 41 heavy (non-hydrogen) atoms. The number of hydrogen-bond donors (Lipinski definition) is 3. The van der Waals surface area contributed by atoms with Crippen LogP contribution in [0.3, 0.4) is 0 Å². The van der Waals surface area contributed by atoms with E-state index in [4.69, 9.17) is 9.99 Å². The summed E-state index contributed by atoms with van der Waals surface area (Å²) in [7, 11) is 0. The van der Waals surface area contributed by atoms with Crippen molar-refractivity contribution < 1.29 is 29.0 Å². The van der Waals surface area contributed by atoms with Gasteiger partial charge in [-0.3, -0.25) is 15.0 Å². The van der Waals surface area contributed by atoms with Crippen LogP contribution in [0.25, 0.3) is 0 Å². The molecular formula is C30H32N4O6S. The fourth-order valence-corrected chi connectivity index (χ4v) is 4.93. The molecule has 0 saturated heterocycles. The summed E-state index contributed by atoms with van der Waals surface area (Å²) in [4.78, 5) is 29.7. The minimum absolute atomic E-state index is 0.201. The smallest absolute Gasteiger partial charge is 0.252 e. The average Bonchev–Trinajstić information content (AvgIpc) is 2.99. The van der Waals surface area contributed by atoms with Gasteiger partial charge in [0.05, 0.1) is 30.4 Å². The minimum atomic E-state index is -0.210. The van der Waals surface area contributed by atoms with E-state index in [9.17, 15) is 9.59 Å². The van der Waals surface area contributed by atoms with E-state index in [2.05, 4.69) is 36.8 Å². The molecule has 0 radical (unpaired) electrons. The molecule has 3 N–H and O–H groups in total. The van der Waals surface area contributed by atoms with Gasteiger partial charge in [0.15, 0.2) is 5.78 Å². The summed E-state index contributed by atoms with van der Waals surface area (Å²) in [6, 6.07) is 14.3. The molecule has 1 aliphatic carbocycles. The van der Waals surface area contributed by atoms with Crippen LogP contribution in [0.4, 0.5) is 5.82 Å². The van der Waals surface area contributed by atoms with Crippen LogP contribution < -0.4 is 15.5 Å². The number of amides is 1. The number of aromatic nitrogens is 1. The maximum absolute atomic E-state index is 12.5. The fraction of sp³-hybridized carbons (Fsp3) is 0.267. The first-order chi connectivity index (χ1) is 20.1. The molecule has 1 amide bonds. The number of hydrazone groups is 1. The van der Waals surface area contributed by atoms with Crippen molar-refractivity contribution in [3.63, 3.8) is 0 Å². The van der Waals surface area contributed by atoms with Crippen molar-refractivity contribution in [1.29, 1.82) is 0 Å². The van der Waals surface area contributed by atoms with E-state index in [1.165, 1.54) is 6.20 Å². The van der Waals surface area contributed by atoms with E-state index in [1.54, 1.807) is 24.4 Å². The van der Waals surface area contributed by atoms with Crippen molar-refractivity contribution >= 4 is 35.8 Å². The van der Waals surface area contributed by atoms with Gasteiger partial charge >= 0.3 is 0 Å². The van der Waals surface area contributed by atoms with Gasteiger partial charge in [-0.1, -0.05) is 29.3 Å². The van der Waals surface area contributed by atoms with Crippen LogP contribution in [0.2, 0.25) is 0 Å². The number of allylic oxidation sites excluding steroid dienone is 1. The molecular weight excluding hydrogens is 544 g/mol. The number of benzene rings is 2. The number of carbonyl (C=O) groups is 2. The largest absolute Gasteiger partial charge is 0.493 e. The number of ketones is 1. The molecule has 0 aliphatic heterocycles. The first-order valence-electron chi connectivity index (χ1n) is 13.3. The lowest BCUT2D eigenvalue weighted by molar-refractivity contribution is -0.432. The molecule has 3 aromatic rings. The predicted molar refractivity (Wildman–Crippen MR) is 157 cm³/mol. The summed E-state index contributed by atoms with van der Waals surface area (Å²) in [6.45, 7) is 4.88. The first-order valence-corrected chi connectivity index (χ1v) is 14.0. The van der Waals surface area contributed by atoms with Gasteiger partial charge in [-0.15, -0.1) is 10.9 Å². The Labute approximate surface area is 242 Å². The summed E-state index contributed by atoms with van der Waals surface area (Å²) in [5.41, 5.74) is 6.96. The summed E-state index contributed by atoms with van der Waals surface area (Å²) in [5.74, 6) is 1.27. The van der Waals surface area contributed by atoms with Gasteiger partial charge in [0.2, 0.25) is 0 Å². The molecule has 0 atom stereocenters. The van der Waals surface area contributed by atoms with Gasteiger partial charge in [-0.05, 0) is 68.0 Å². The lowest BCUT2D eigenvalue weighted by Crippen LogP contribution is -2.24. The van der Waals surface area contributed by atoms with Crippen molar-refractivity contribution in [2.24, 2.45) is 5.10 Å². The molecule has 0 spiro atoms. The number of unbranched alkanes of at least 4 members (excludes halogenated alkanes) is 1. The summed E-state index contributed by atoms with van der Waals surface area (Å²) in [5, 5.41) is 19.0. The maximum atomic E-state index is 12.5. The highest BCUT2D eigenvalue weighted by Crippen LogP contribution is 2.32. The third kappa shape index (κ3) is 8.48. The van der Waals surface area contributed by atoms with E-state index < -0.39 is 0 Å². The molecule has 1 aromatic heterocycles. The highest BCUT2D eigenvalue weighted by Gasteiger charge is 2.22. The second-order valence-corrected chi connectivity index (χ2v) is 9.96. The van der Waals surface area contributed by atoms with Crippen molar-refractivity contribution in [2.75, 3.05) is 18.6 Å². The molecule has 0 fully saturated rings. The van der Waals surface area contributed by atoms with E-state index in [-0.39, 0.29) is 11.7 Å². The summed E-state index contributed by atoms with van der Waals surface area (Å²) >= 11 is 0.843. The van der Waals surface area contributed by atoms with Crippen LogP contribution in [0.5, 0.6) is 5.75 Å². The topological polar surface area (TPSA) is 131 Å². The SMILES string of the molecule is C=CCc1c(OCCCCNC(=O)c2ccc(N/N=C/c3ccccc3SOOO)nc2)ccc2c1CCCC2=O. The van der Waals surface area contributed by atoms with Gasteiger partial charge < -0.3 is 10.1 Å². The number of fused-ring (bicyclic) bond motifs is 1. The Morgan fingerprint density at radius 1 is 1.15 bits per heavy atom. The van der Waals surface area contributed by atoms with Gasteiger partial charge in [0, 0.05) is 40.7 Å². The Balaban J connectivity index is 1.19. The minimum Gasteiger partial charge on any atom is -0.493 e. The van der Waals surface area contributed by atoms with Crippen molar-refractivity contribution in [1.82, 2.24) is 10.3 Å². The van der Waals surface area contributed by atoms with Crippen LogP contribution in [-0.4, -0.2) is 41.3 Å². The summed E-state index contributed by atoms with van der Waals surface area (Å²) < 4.78 is 10.5. The third-order valence-corrected chi connectivity index (χ3v) is 7.14. The highest BCUT2D eigenvalue weighted by atomic mass is 32.2. The fourth-order valence-electron chi connectivity index (χ4n) is 4.47. The van der Waals surface area contributed by atoms with Crippen LogP contribution in [0.15, 0.2) is 77.4 Å². The zero-order valence-corrected chi connectivity index (χ0v) is 23.3. The quantitative estimate of drug-likeness (QED) is 0.0513. The second kappa shape index (κ2) is 15.7. The third-order valence-electron chi connectivity index (χ3n) is 6.46. The van der Waals surface area contributed by atoms with Crippen molar-refractivity contribution in [3.05, 3.63) is 95.2 Å². The number of pyridine rings is 1. The van der Waals surface area contributed by atoms with E-state index >= 15 is 0 Å². The van der Waals surface area contributed by atoms with Crippen molar-refractivity contribution in [3.8, 4) is 5.75 Å². The lowest BCUT2D eigenvalue weighted by Gasteiger charge is -2.21. The number of rotatable bonds is 15. The molecule has 4 rings (SSSR count). The first kappa shape index (κ1) is 29.9. The molecule has 0 bridgehead atoms. The molecule has 11 heteroatoms. The Bertz CT molecular complexity index is 1380. The van der Waals surface area contributed by atoms with Gasteiger partial charge in [-0.2, -0.15) is 5.10 Å². The molecule has 1 aliphatic rings. The number of nitrogens with one attached hydrogen (secondary N) is 2. The molecule has 214 valence electrons. The molecule has 0 saturated carbocycles. The lowest BCUT2D eigenvalue weighted by atomic mass is 9.86. The number of nitrogens with zero attached hydrogens (tertiary/aromatic N) is 2. The zero-order chi connectivity index (χ0) is 28.9. The van der Waals surface area contributed by atoms with Crippen LogP contribution in [0.1, 0.15) is 63.1 Å². The van der Waals surface area contributed by atoms with E-state index in [0.29, 0.717) is 42.3 Å². The number of hydrogen-bond acceptors (Lipinski definition) is 10. The second-order valence-electron chi connectivity index (χ2n) is 9.22. The predicted octanol–water partition coefficient (Wildman–Crippen LogP) is 5.79. The molecule has 2 aromatic carbocycles. The normalized spacial score (nSPS) is 12.7. The molecule has 1 heterocycles. The standard InChI is InChI=1S/C30H32N4O6S/c1-2-8-25-23-10-7-11-26(35)24(23)14-15-27(25)38-18-6-5-17-31-30(36)22-13-16-29(32-19-22)34-33-20-21-9-3-4-12-28(21)41-40-39-37/h2-4,9,12-16,19-20,37H,1,5-8,10-11,17-18H2,(H,31,36)(H,32,34)/b33-20+. The number of ether oxygens (including phenoxy) is 1. The van der Waals surface area contributed by atoms with Crippen molar-refractivity contribution in [2.45, 2.75) is 43.4 Å². The van der Waals surface area contributed by atoms with Gasteiger partial charge in [-0.25, -0.2) is 10.2 Å². The number of carbonyl (C=O) groups excluding carboxylic acids is 2. The molecule has 0 unspecified atom stereocenters. The Hall–Kier alpha value is -4.03. The van der Waals surface area contributed by atoms with Gasteiger partial charge in [0.1, 0.15) is 11.6 Å². The van der Waals surface area contributed by atoms with Crippen LogP contribution in [-0.2, 0) is 22.2 Å². The Morgan fingerprint density at radius 3 is 2.83 bits per heavy atom. The number of Topliss-reactive ketones (excluding diaryl/α,β-unsaturated/α-hetero) is 1. The highest BCUT2D eigenvalue weighted by molar-refractivity contribution is 7.94. The van der Waals surface area contributed by atoms with Crippen LogP contribution in [0, 0.1) is 0 Å². The Morgan fingerprint density at radius 2 is 2.02 bits per heavy atom. The zero-order valence-electron chi connectivity index (χ0n) is 22.5. The monoisotopic (exact) mass is 576 g/mol. The average molecular weight is 577 g/mol. The van der Waals surface area contributed by atoms with Crippen LogP contribution >= 0.6 is 12.0 Å². The maximum Gasteiger partial charge on any atom is 0.252 e.